The standard InChI is InChI=1S/C20H21N5O3S/c1-13-3-6-18(23-22-13)24-7-9-25(10-8-24)20-21-19(27)17(29-20)12-14-4-5-15(26)16(11-14)28-2/h3-6,11-12,26H,7-10H2,1-2H3/b17-12-. The number of benzene rings is 1. The number of nitrogens with zero attached hydrogens (tertiary/aromatic N) is 5. The van der Waals surface area contributed by atoms with Gasteiger partial charge in [0.15, 0.2) is 22.5 Å². The van der Waals surface area contributed by atoms with E-state index in [1.807, 2.05) is 19.1 Å². The Morgan fingerprint density at radius 3 is 2.55 bits per heavy atom. The zero-order valence-electron chi connectivity index (χ0n) is 16.2. The fraction of sp³-hybridized carbons (Fsp3) is 0.300. The van der Waals surface area contributed by atoms with Gasteiger partial charge in [0.25, 0.3) is 5.91 Å². The summed E-state index contributed by atoms with van der Waals surface area (Å²) in [5.74, 6) is 1.05. The van der Waals surface area contributed by atoms with E-state index in [9.17, 15) is 9.90 Å². The highest BCUT2D eigenvalue weighted by molar-refractivity contribution is 8.18. The van der Waals surface area contributed by atoms with Crippen LogP contribution in [0.3, 0.4) is 0 Å². The molecule has 9 heteroatoms. The van der Waals surface area contributed by atoms with E-state index in [1.54, 1.807) is 24.3 Å². The van der Waals surface area contributed by atoms with Crippen LogP contribution in [0.2, 0.25) is 0 Å². The zero-order chi connectivity index (χ0) is 20.4. The molecule has 150 valence electrons. The maximum absolute atomic E-state index is 12.4. The minimum Gasteiger partial charge on any atom is -0.504 e. The van der Waals surface area contributed by atoms with Crippen LogP contribution >= 0.6 is 11.8 Å². The minimum atomic E-state index is -0.246. The number of carbonyl (C=O) groups excluding carboxylic acids is 1. The molecule has 1 aromatic heterocycles. The highest BCUT2D eigenvalue weighted by atomic mass is 32.2. The molecule has 2 aliphatic heterocycles. The lowest BCUT2D eigenvalue weighted by molar-refractivity contribution is -0.113. The van der Waals surface area contributed by atoms with Crippen LogP contribution < -0.4 is 9.64 Å². The summed E-state index contributed by atoms with van der Waals surface area (Å²) in [5, 5.41) is 18.8. The molecule has 1 saturated heterocycles. The molecule has 8 nitrogen and oxygen atoms in total. The number of methoxy groups -OCH3 is 1. The van der Waals surface area contributed by atoms with Crippen LogP contribution in [0, 0.1) is 6.92 Å². The van der Waals surface area contributed by atoms with Gasteiger partial charge in [-0.1, -0.05) is 6.07 Å². The maximum Gasteiger partial charge on any atom is 0.286 e. The van der Waals surface area contributed by atoms with Crippen LogP contribution in [0.4, 0.5) is 5.82 Å². The van der Waals surface area contributed by atoms with Gasteiger partial charge >= 0.3 is 0 Å². The number of anilines is 1. The van der Waals surface area contributed by atoms with Crippen LogP contribution in [0.25, 0.3) is 6.08 Å². The van der Waals surface area contributed by atoms with Gasteiger partial charge in [0.1, 0.15) is 0 Å². The second-order valence-corrected chi connectivity index (χ2v) is 7.76. The van der Waals surface area contributed by atoms with E-state index in [0.717, 1.165) is 48.4 Å². The predicted molar refractivity (Wildman–Crippen MR) is 113 cm³/mol. The second-order valence-electron chi connectivity index (χ2n) is 6.75. The van der Waals surface area contributed by atoms with E-state index in [0.29, 0.717) is 10.7 Å². The van der Waals surface area contributed by atoms with Crippen molar-refractivity contribution in [2.24, 2.45) is 4.99 Å². The zero-order valence-corrected chi connectivity index (χ0v) is 17.0. The number of thioether (sulfide) groups is 1. The van der Waals surface area contributed by atoms with Crippen LogP contribution in [0.15, 0.2) is 40.2 Å². The van der Waals surface area contributed by atoms with Crippen molar-refractivity contribution in [2.75, 3.05) is 38.2 Å². The third-order valence-electron chi connectivity index (χ3n) is 4.77. The van der Waals surface area contributed by atoms with Crippen molar-refractivity contribution in [1.82, 2.24) is 15.1 Å². The molecule has 2 aromatic rings. The third-order valence-corrected chi connectivity index (χ3v) is 5.81. The summed E-state index contributed by atoms with van der Waals surface area (Å²) in [5.41, 5.74) is 1.67. The second kappa shape index (κ2) is 8.12. The lowest BCUT2D eigenvalue weighted by Gasteiger charge is -2.35. The Balaban J connectivity index is 1.41. The van der Waals surface area contributed by atoms with Gasteiger partial charge in [0.05, 0.1) is 17.7 Å². The lowest BCUT2D eigenvalue weighted by atomic mass is 10.2. The van der Waals surface area contributed by atoms with Crippen molar-refractivity contribution in [3.63, 3.8) is 0 Å². The van der Waals surface area contributed by atoms with Gasteiger partial charge in [0.2, 0.25) is 0 Å². The molecule has 1 N–H and O–H groups in total. The summed E-state index contributed by atoms with van der Waals surface area (Å²) in [4.78, 5) is 21.5. The molecule has 4 rings (SSSR count). The van der Waals surface area contributed by atoms with E-state index in [1.165, 1.54) is 18.9 Å². The number of phenols is 1. The number of aliphatic imine (C=N–C) groups is 1. The molecular weight excluding hydrogens is 390 g/mol. The average Bonchev–Trinajstić information content (AvgIpc) is 3.10. The molecule has 0 aliphatic carbocycles. The van der Waals surface area contributed by atoms with Crippen molar-refractivity contribution in [2.45, 2.75) is 6.92 Å². The van der Waals surface area contributed by atoms with Crippen LogP contribution in [-0.2, 0) is 4.79 Å². The molecule has 29 heavy (non-hydrogen) atoms. The fourth-order valence-corrected chi connectivity index (χ4v) is 4.12. The number of piperazine rings is 1. The number of rotatable bonds is 3. The molecule has 0 radical (unpaired) electrons. The SMILES string of the molecule is COc1cc(/C=C2\SC(N3CCN(c4ccc(C)nn4)CC3)=NC2=O)ccc1O. The van der Waals surface area contributed by atoms with Gasteiger partial charge in [-0.05, 0) is 54.6 Å². The van der Waals surface area contributed by atoms with E-state index >= 15 is 0 Å². The normalized spacial score (nSPS) is 18.3. The van der Waals surface area contributed by atoms with Crippen LogP contribution in [-0.4, -0.2) is 64.6 Å². The number of amides is 1. The summed E-state index contributed by atoms with van der Waals surface area (Å²) in [6.07, 6.45) is 1.77. The van der Waals surface area contributed by atoms with Crippen molar-refractivity contribution >= 4 is 34.7 Å². The molecule has 0 unspecified atom stereocenters. The topological polar surface area (TPSA) is 91.2 Å². The molecule has 1 fully saturated rings. The van der Waals surface area contributed by atoms with Gasteiger partial charge in [0, 0.05) is 26.2 Å². The Bertz CT molecular complexity index is 982. The van der Waals surface area contributed by atoms with E-state index in [-0.39, 0.29) is 11.7 Å². The predicted octanol–water partition coefficient (Wildman–Crippen LogP) is 2.29. The number of aryl methyl sites for hydroxylation is 1. The molecule has 1 amide bonds. The average molecular weight is 411 g/mol. The molecule has 2 aliphatic rings. The molecular formula is C20H21N5O3S. The van der Waals surface area contributed by atoms with Gasteiger partial charge in [-0.25, -0.2) is 0 Å². The first-order valence-corrected chi connectivity index (χ1v) is 10.0. The first kappa shape index (κ1) is 19.3. The molecule has 0 bridgehead atoms. The highest BCUT2D eigenvalue weighted by Gasteiger charge is 2.28. The Kier molecular flexibility index (Phi) is 5.39. The number of aromatic hydroxyl groups is 1. The smallest absolute Gasteiger partial charge is 0.286 e. The van der Waals surface area contributed by atoms with Crippen molar-refractivity contribution in [3.05, 3.63) is 46.5 Å². The van der Waals surface area contributed by atoms with Crippen molar-refractivity contribution in [1.29, 1.82) is 0 Å². The van der Waals surface area contributed by atoms with Crippen LogP contribution in [0.1, 0.15) is 11.3 Å². The largest absolute Gasteiger partial charge is 0.504 e. The van der Waals surface area contributed by atoms with Crippen LogP contribution in [0.5, 0.6) is 11.5 Å². The maximum atomic E-state index is 12.4. The molecule has 3 heterocycles. The van der Waals surface area contributed by atoms with E-state index in [4.69, 9.17) is 4.74 Å². The number of phenolic OH excluding ortho intramolecular Hbond substituents is 1. The molecule has 0 atom stereocenters. The summed E-state index contributed by atoms with van der Waals surface area (Å²) >= 11 is 1.37. The number of hydrogen-bond acceptors (Lipinski definition) is 8. The highest BCUT2D eigenvalue weighted by Crippen LogP contribution is 2.33. The first-order valence-electron chi connectivity index (χ1n) is 9.23. The van der Waals surface area contributed by atoms with Gasteiger partial charge in [-0.15, -0.1) is 5.10 Å². The Hall–Kier alpha value is -3.07. The van der Waals surface area contributed by atoms with Gasteiger partial charge in [-0.2, -0.15) is 10.1 Å². The number of hydrogen-bond donors (Lipinski definition) is 1. The number of aromatic nitrogens is 2. The van der Waals surface area contributed by atoms with Crippen molar-refractivity contribution in [3.8, 4) is 11.5 Å². The minimum absolute atomic E-state index is 0.0631. The monoisotopic (exact) mass is 411 g/mol. The Morgan fingerprint density at radius 1 is 1.10 bits per heavy atom. The molecule has 1 aromatic carbocycles. The summed E-state index contributed by atoms with van der Waals surface area (Å²) in [6, 6.07) is 8.91. The first-order chi connectivity index (χ1) is 14.0. The summed E-state index contributed by atoms with van der Waals surface area (Å²) < 4.78 is 5.12. The number of carbonyl (C=O) groups is 1. The van der Waals surface area contributed by atoms with Gasteiger partial charge < -0.3 is 19.6 Å². The Labute approximate surface area is 172 Å². The quantitative estimate of drug-likeness (QED) is 0.770. The Morgan fingerprint density at radius 2 is 1.86 bits per heavy atom. The van der Waals surface area contributed by atoms with E-state index < -0.39 is 0 Å². The number of amidine groups is 1. The van der Waals surface area contributed by atoms with Gasteiger partial charge in [-0.3, -0.25) is 4.79 Å². The molecule has 0 spiro atoms. The fourth-order valence-electron chi connectivity index (χ4n) is 3.16. The molecule has 0 saturated carbocycles. The third kappa shape index (κ3) is 4.19. The van der Waals surface area contributed by atoms with Crippen molar-refractivity contribution < 1.29 is 14.6 Å². The summed E-state index contributed by atoms with van der Waals surface area (Å²) in [7, 11) is 1.49. The summed E-state index contributed by atoms with van der Waals surface area (Å²) in [6.45, 7) is 5.02. The lowest BCUT2D eigenvalue weighted by Crippen LogP contribution is -2.48. The number of ether oxygens (including phenoxy) is 1. The van der Waals surface area contributed by atoms with E-state index in [2.05, 4.69) is 25.0 Å².